The minimum absolute atomic E-state index is 0.300. The average Bonchev–Trinajstić information content (AvgIpc) is 3.24. The summed E-state index contributed by atoms with van der Waals surface area (Å²) in [5.41, 5.74) is 7.36. The number of benzene rings is 2. The first-order chi connectivity index (χ1) is 16.0. The maximum absolute atomic E-state index is 12.5. The zero-order valence-electron chi connectivity index (χ0n) is 18.0. The van der Waals surface area contributed by atoms with Crippen molar-refractivity contribution in [3.8, 4) is 16.9 Å². The van der Waals surface area contributed by atoms with Crippen molar-refractivity contribution in [3.05, 3.63) is 64.1 Å². The summed E-state index contributed by atoms with van der Waals surface area (Å²) in [6, 6.07) is 15.2. The first-order valence-corrected chi connectivity index (χ1v) is 11.6. The smallest absolute Gasteiger partial charge is 0.281 e. The number of hydrogen-bond donors (Lipinski definition) is 2. The number of nitrogens with one attached hydrogen (secondary N) is 2. The summed E-state index contributed by atoms with van der Waals surface area (Å²) in [5, 5.41) is 1.16. The lowest BCUT2D eigenvalue weighted by atomic mass is 10.1. The monoisotopic (exact) mass is 486 g/mol. The molecular weight excluding hydrogens is 464 g/mol. The van der Waals surface area contributed by atoms with Crippen LogP contribution < -0.4 is 20.5 Å². The number of morpholine rings is 1. The molecule has 0 aliphatic carbocycles. The van der Waals surface area contributed by atoms with E-state index in [0.717, 1.165) is 29.3 Å². The van der Waals surface area contributed by atoms with E-state index in [4.69, 9.17) is 21.1 Å². The van der Waals surface area contributed by atoms with Gasteiger partial charge in [-0.15, -0.1) is 0 Å². The van der Waals surface area contributed by atoms with E-state index in [1.807, 2.05) is 36.4 Å². The maximum Gasteiger partial charge on any atom is 0.281 e. The Bertz CT molecular complexity index is 1130. The fraction of sp³-hybridized carbons (Fsp3) is 0.261. The van der Waals surface area contributed by atoms with Gasteiger partial charge in [-0.25, -0.2) is 4.98 Å². The molecule has 172 valence electrons. The van der Waals surface area contributed by atoms with Crippen LogP contribution in [0.5, 0.6) is 5.75 Å². The molecule has 0 atom stereocenters. The molecule has 0 unspecified atom stereocenters. The van der Waals surface area contributed by atoms with Gasteiger partial charge in [-0.2, -0.15) is 0 Å². The topological polar surface area (TPSA) is 92.8 Å². The van der Waals surface area contributed by atoms with E-state index < -0.39 is 11.8 Å². The lowest BCUT2D eigenvalue weighted by Gasteiger charge is -2.25. The van der Waals surface area contributed by atoms with Crippen LogP contribution in [0.3, 0.4) is 0 Å². The van der Waals surface area contributed by atoms with Gasteiger partial charge >= 0.3 is 0 Å². The highest BCUT2D eigenvalue weighted by Gasteiger charge is 2.21. The van der Waals surface area contributed by atoms with Crippen LogP contribution in [-0.2, 0) is 9.53 Å². The van der Waals surface area contributed by atoms with Crippen molar-refractivity contribution < 1.29 is 19.1 Å². The van der Waals surface area contributed by atoms with E-state index in [1.54, 1.807) is 19.1 Å². The van der Waals surface area contributed by atoms with Crippen molar-refractivity contribution in [1.82, 2.24) is 15.8 Å². The van der Waals surface area contributed by atoms with E-state index >= 15 is 0 Å². The molecule has 1 fully saturated rings. The van der Waals surface area contributed by atoms with Gasteiger partial charge in [-0.3, -0.25) is 20.4 Å². The van der Waals surface area contributed by atoms with Gasteiger partial charge in [0.2, 0.25) is 0 Å². The molecule has 0 spiro atoms. The van der Waals surface area contributed by atoms with Crippen molar-refractivity contribution in [2.24, 2.45) is 0 Å². The van der Waals surface area contributed by atoms with Crippen LogP contribution in [0.15, 0.2) is 48.5 Å². The van der Waals surface area contributed by atoms with Gasteiger partial charge < -0.3 is 14.4 Å². The van der Waals surface area contributed by atoms with E-state index in [1.165, 1.54) is 11.3 Å². The third-order valence-corrected chi connectivity index (χ3v) is 6.50. The fourth-order valence-electron chi connectivity index (χ4n) is 3.27. The van der Waals surface area contributed by atoms with Crippen molar-refractivity contribution >= 4 is 39.9 Å². The zero-order chi connectivity index (χ0) is 23.2. The van der Waals surface area contributed by atoms with Crippen LogP contribution in [-0.4, -0.2) is 49.7 Å². The van der Waals surface area contributed by atoms with Crippen LogP contribution in [0.2, 0.25) is 5.02 Å². The Morgan fingerprint density at radius 3 is 2.61 bits per heavy atom. The average molecular weight is 487 g/mol. The van der Waals surface area contributed by atoms with Gasteiger partial charge in [0, 0.05) is 13.1 Å². The second kappa shape index (κ2) is 10.7. The normalized spacial score (nSPS) is 13.5. The first-order valence-electron chi connectivity index (χ1n) is 10.4. The minimum atomic E-state index is -0.512. The van der Waals surface area contributed by atoms with Gasteiger partial charge in [-0.05, 0) is 30.2 Å². The van der Waals surface area contributed by atoms with E-state index in [9.17, 15) is 9.59 Å². The molecule has 33 heavy (non-hydrogen) atoms. The third kappa shape index (κ3) is 5.81. The lowest BCUT2D eigenvalue weighted by Crippen LogP contribution is -2.43. The Hall–Kier alpha value is -3.14. The molecule has 2 N–H and O–H groups in total. The Balaban J connectivity index is 1.28. The molecule has 2 heterocycles. The number of thiazole rings is 1. The molecule has 10 heteroatoms. The Kier molecular flexibility index (Phi) is 7.43. The van der Waals surface area contributed by atoms with Crippen LogP contribution in [0.25, 0.3) is 11.1 Å². The summed E-state index contributed by atoms with van der Waals surface area (Å²) in [6.45, 7) is 4.20. The molecule has 4 rings (SSSR count). The molecular formula is C23H23ClN4O4S. The number of nitrogens with zero attached hydrogens (tertiary/aromatic N) is 2. The fourth-order valence-corrected chi connectivity index (χ4v) is 4.52. The Morgan fingerprint density at radius 2 is 1.88 bits per heavy atom. The van der Waals surface area contributed by atoms with Gasteiger partial charge in [0.15, 0.2) is 11.7 Å². The molecule has 2 aromatic carbocycles. The first kappa shape index (κ1) is 23.0. The number of anilines is 1. The summed E-state index contributed by atoms with van der Waals surface area (Å²) in [5.74, 6) is -0.559. The maximum atomic E-state index is 12.5. The standard InChI is InChI=1S/C23H23ClN4O4S/c1-15-21(33-23(25-15)28-9-11-31-12-10-28)22(30)27-26-20(29)14-32-19-8-7-17(13-18(19)24)16-5-3-2-4-6-16/h2-8,13H,9-12,14H2,1H3,(H,26,29)(H,27,30). The van der Waals surface area contributed by atoms with Crippen LogP contribution in [0.1, 0.15) is 15.4 Å². The molecule has 1 aliphatic heterocycles. The molecule has 0 bridgehead atoms. The number of hydrogen-bond acceptors (Lipinski definition) is 7. The predicted octanol–water partition coefficient (Wildman–Crippen LogP) is 3.45. The van der Waals surface area contributed by atoms with Gasteiger partial charge in [0.1, 0.15) is 10.6 Å². The van der Waals surface area contributed by atoms with Crippen molar-refractivity contribution in [2.45, 2.75) is 6.92 Å². The number of hydrazine groups is 1. The number of aryl methyl sites for hydroxylation is 1. The number of carbonyl (C=O) groups is 2. The second-order valence-corrected chi connectivity index (χ2v) is 8.70. The second-order valence-electron chi connectivity index (χ2n) is 7.31. The number of ether oxygens (including phenoxy) is 2. The van der Waals surface area contributed by atoms with Gasteiger partial charge in [-0.1, -0.05) is 59.3 Å². The van der Waals surface area contributed by atoms with E-state index in [2.05, 4.69) is 20.7 Å². The SMILES string of the molecule is Cc1nc(N2CCOCC2)sc1C(=O)NNC(=O)COc1ccc(-c2ccccc2)cc1Cl. The van der Waals surface area contributed by atoms with Crippen LogP contribution >= 0.6 is 22.9 Å². The number of rotatable bonds is 6. The van der Waals surface area contributed by atoms with Crippen LogP contribution in [0, 0.1) is 6.92 Å². The third-order valence-electron chi connectivity index (χ3n) is 4.99. The molecule has 0 saturated carbocycles. The summed E-state index contributed by atoms with van der Waals surface area (Å²) >= 11 is 7.59. The molecule has 1 saturated heterocycles. The quantitative estimate of drug-likeness (QED) is 0.518. The van der Waals surface area contributed by atoms with Gasteiger partial charge in [0.05, 0.1) is 23.9 Å². The number of amides is 2. The predicted molar refractivity (Wildman–Crippen MR) is 128 cm³/mol. The number of aromatic nitrogens is 1. The van der Waals surface area contributed by atoms with Crippen molar-refractivity contribution in [2.75, 3.05) is 37.8 Å². The molecule has 0 radical (unpaired) electrons. The highest BCUT2D eigenvalue weighted by atomic mass is 35.5. The molecule has 1 aromatic heterocycles. The number of carbonyl (C=O) groups excluding carboxylic acids is 2. The summed E-state index contributed by atoms with van der Waals surface area (Å²) in [7, 11) is 0. The summed E-state index contributed by atoms with van der Waals surface area (Å²) in [4.78, 5) is 31.7. The Labute approximate surface area is 200 Å². The van der Waals surface area contributed by atoms with Crippen molar-refractivity contribution in [1.29, 1.82) is 0 Å². The number of halogens is 1. The highest BCUT2D eigenvalue weighted by Crippen LogP contribution is 2.30. The zero-order valence-corrected chi connectivity index (χ0v) is 19.5. The van der Waals surface area contributed by atoms with Gasteiger partial charge in [0.25, 0.3) is 11.8 Å². The minimum Gasteiger partial charge on any atom is -0.482 e. The Morgan fingerprint density at radius 1 is 1.12 bits per heavy atom. The molecule has 8 nitrogen and oxygen atoms in total. The van der Waals surface area contributed by atoms with E-state index in [-0.39, 0.29) is 6.61 Å². The molecule has 1 aliphatic rings. The van der Waals surface area contributed by atoms with Crippen LogP contribution in [0.4, 0.5) is 5.13 Å². The summed E-state index contributed by atoms with van der Waals surface area (Å²) < 4.78 is 10.9. The molecule has 2 amide bonds. The highest BCUT2D eigenvalue weighted by molar-refractivity contribution is 7.17. The largest absolute Gasteiger partial charge is 0.482 e. The lowest BCUT2D eigenvalue weighted by molar-refractivity contribution is -0.123. The van der Waals surface area contributed by atoms with Crippen molar-refractivity contribution in [3.63, 3.8) is 0 Å². The molecule has 3 aromatic rings. The van der Waals surface area contributed by atoms with E-state index in [0.29, 0.717) is 34.6 Å². The summed E-state index contributed by atoms with van der Waals surface area (Å²) in [6.07, 6.45) is 0.